The van der Waals surface area contributed by atoms with Crippen LogP contribution in [0.25, 0.3) is 0 Å². The summed E-state index contributed by atoms with van der Waals surface area (Å²) in [5, 5.41) is 15.9. The van der Waals surface area contributed by atoms with Crippen molar-refractivity contribution in [2.45, 2.75) is 91.8 Å². The molecule has 0 saturated heterocycles. The Balaban J connectivity index is 1.36. The van der Waals surface area contributed by atoms with Crippen molar-refractivity contribution in [1.29, 1.82) is 0 Å². The van der Waals surface area contributed by atoms with Crippen LogP contribution in [-0.4, -0.2) is 27.2 Å². The zero-order chi connectivity index (χ0) is 24.3. The highest BCUT2D eigenvalue weighted by atomic mass is 16.6. The molecule has 0 radical (unpaired) electrons. The van der Waals surface area contributed by atoms with E-state index in [0.29, 0.717) is 36.7 Å². The average molecular weight is 465 g/mol. The molecule has 0 aliphatic heterocycles. The first-order valence-corrected chi connectivity index (χ1v) is 13.1. The lowest BCUT2D eigenvalue weighted by Crippen LogP contribution is -2.57. The minimum absolute atomic E-state index is 0.0356. The van der Waals surface area contributed by atoms with Crippen LogP contribution in [0.5, 0.6) is 0 Å². The lowest BCUT2D eigenvalue weighted by atomic mass is 9.44. The molecule has 1 aromatic heterocycles. The molecule has 34 heavy (non-hydrogen) atoms. The smallest absolute Gasteiger partial charge is 0.161 e. The van der Waals surface area contributed by atoms with Crippen LogP contribution in [0, 0.1) is 41.4 Å². The van der Waals surface area contributed by atoms with E-state index in [1.165, 1.54) is 5.57 Å². The fraction of sp³-hybridized carbons (Fsp3) is 0.690. The number of nitrogens with zero attached hydrogens (tertiary/aromatic N) is 2. The van der Waals surface area contributed by atoms with Crippen LogP contribution < -0.4 is 0 Å². The second-order valence-corrected chi connectivity index (χ2v) is 12.2. The fourth-order valence-electron chi connectivity index (χ4n) is 8.55. The SMILES string of the molecule is CC(=O)[C@@]1(O)CC[C@H]2[C@@H]3C[C@H](C)C4=C/C(=N\OCc5cncc(C)c5)CC[C@]4(C)[C@H]3CC[C@@]21C. The van der Waals surface area contributed by atoms with Gasteiger partial charge in [0.15, 0.2) is 5.78 Å². The van der Waals surface area contributed by atoms with Gasteiger partial charge in [-0.25, -0.2) is 0 Å². The molecule has 1 aromatic rings. The number of carbonyl (C=O) groups is 1. The lowest BCUT2D eigenvalue weighted by molar-refractivity contribution is -0.160. The van der Waals surface area contributed by atoms with Gasteiger partial charge < -0.3 is 9.94 Å². The van der Waals surface area contributed by atoms with Crippen molar-refractivity contribution >= 4 is 11.5 Å². The number of aromatic nitrogens is 1. The van der Waals surface area contributed by atoms with E-state index in [-0.39, 0.29) is 16.6 Å². The third kappa shape index (κ3) is 3.49. The molecular formula is C29H40N2O3. The number of ketones is 1. The summed E-state index contributed by atoms with van der Waals surface area (Å²) in [4.78, 5) is 22.4. The van der Waals surface area contributed by atoms with Crippen LogP contribution in [-0.2, 0) is 16.2 Å². The van der Waals surface area contributed by atoms with Gasteiger partial charge in [-0.15, -0.1) is 0 Å². The number of carbonyl (C=O) groups excluding carboxylic acids is 1. The van der Waals surface area contributed by atoms with Gasteiger partial charge in [-0.1, -0.05) is 31.5 Å². The van der Waals surface area contributed by atoms with E-state index in [1.54, 1.807) is 6.92 Å². The summed E-state index contributed by atoms with van der Waals surface area (Å²) in [6.07, 6.45) is 12.8. The molecule has 0 amide bonds. The Labute approximate surface area is 204 Å². The molecular weight excluding hydrogens is 424 g/mol. The van der Waals surface area contributed by atoms with E-state index >= 15 is 0 Å². The van der Waals surface area contributed by atoms with E-state index in [0.717, 1.165) is 55.4 Å². The molecule has 4 aliphatic rings. The zero-order valence-corrected chi connectivity index (χ0v) is 21.4. The van der Waals surface area contributed by atoms with Crippen LogP contribution in [0.2, 0.25) is 0 Å². The summed E-state index contributed by atoms with van der Waals surface area (Å²) in [5.41, 5.74) is 3.49. The van der Waals surface area contributed by atoms with Gasteiger partial charge >= 0.3 is 0 Å². The Hall–Kier alpha value is -2.01. The predicted octanol–water partition coefficient (Wildman–Crippen LogP) is 5.79. The second-order valence-electron chi connectivity index (χ2n) is 12.2. The maximum atomic E-state index is 12.5. The maximum absolute atomic E-state index is 12.5. The molecule has 0 spiro atoms. The monoisotopic (exact) mass is 464 g/mol. The van der Waals surface area contributed by atoms with Crippen molar-refractivity contribution in [3.05, 3.63) is 41.2 Å². The van der Waals surface area contributed by atoms with Gasteiger partial charge in [0.1, 0.15) is 12.2 Å². The Morgan fingerprint density at radius 3 is 2.71 bits per heavy atom. The van der Waals surface area contributed by atoms with Crippen molar-refractivity contribution in [3.63, 3.8) is 0 Å². The molecule has 184 valence electrons. The van der Waals surface area contributed by atoms with Gasteiger partial charge in [0.2, 0.25) is 0 Å². The summed E-state index contributed by atoms with van der Waals surface area (Å²) in [7, 11) is 0. The topological polar surface area (TPSA) is 71.8 Å². The third-order valence-electron chi connectivity index (χ3n) is 10.4. The normalized spacial score (nSPS) is 42.4. The van der Waals surface area contributed by atoms with Crippen molar-refractivity contribution in [3.8, 4) is 0 Å². The van der Waals surface area contributed by atoms with Gasteiger partial charge in [-0.3, -0.25) is 9.78 Å². The highest BCUT2D eigenvalue weighted by molar-refractivity contribution is 5.96. The van der Waals surface area contributed by atoms with E-state index < -0.39 is 5.60 Å². The molecule has 3 fully saturated rings. The average Bonchev–Trinajstić information content (AvgIpc) is 3.07. The highest BCUT2D eigenvalue weighted by Gasteiger charge is 2.66. The lowest BCUT2D eigenvalue weighted by Gasteiger charge is -2.60. The van der Waals surface area contributed by atoms with E-state index in [9.17, 15) is 9.90 Å². The van der Waals surface area contributed by atoms with E-state index in [4.69, 9.17) is 4.84 Å². The molecule has 5 heteroatoms. The van der Waals surface area contributed by atoms with Crippen LogP contribution in [0.1, 0.15) is 83.8 Å². The van der Waals surface area contributed by atoms with Gasteiger partial charge in [0.05, 0.1) is 5.71 Å². The number of hydrogen-bond acceptors (Lipinski definition) is 5. The van der Waals surface area contributed by atoms with Crippen molar-refractivity contribution < 1.29 is 14.7 Å². The Bertz CT molecular complexity index is 1050. The highest BCUT2D eigenvalue weighted by Crippen LogP contribution is 2.68. The number of aliphatic hydroxyl groups is 1. The minimum Gasteiger partial charge on any atom is -0.391 e. The Morgan fingerprint density at radius 2 is 1.97 bits per heavy atom. The summed E-state index contributed by atoms with van der Waals surface area (Å²) >= 11 is 0. The van der Waals surface area contributed by atoms with Gasteiger partial charge in [-0.05, 0) is 106 Å². The Morgan fingerprint density at radius 1 is 1.21 bits per heavy atom. The largest absolute Gasteiger partial charge is 0.391 e. The molecule has 7 atom stereocenters. The first-order chi connectivity index (χ1) is 16.1. The number of hydrogen-bond donors (Lipinski definition) is 1. The van der Waals surface area contributed by atoms with Crippen LogP contribution in [0.4, 0.5) is 0 Å². The molecule has 1 N–H and O–H groups in total. The van der Waals surface area contributed by atoms with Crippen LogP contribution >= 0.6 is 0 Å². The van der Waals surface area contributed by atoms with Crippen LogP contribution in [0.3, 0.4) is 0 Å². The predicted molar refractivity (Wildman–Crippen MR) is 133 cm³/mol. The number of fused-ring (bicyclic) bond motifs is 5. The number of pyridine rings is 1. The molecule has 5 rings (SSSR count). The number of aryl methyl sites for hydroxylation is 1. The first-order valence-electron chi connectivity index (χ1n) is 13.1. The van der Waals surface area contributed by atoms with E-state index in [2.05, 4.69) is 43.1 Å². The van der Waals surface area contributed by atoms with Gasteiger partial charge in [0.25, 0.3) is 0 Å². The summed E-state index contributed by atoms with van der Waals surface area (Å²) in [6, 6.07) is 2.08. The fourth-order valence-corrected chi connectivity index (χ4v) is 8.55. The number of allylic oxidation sites excluding steroid dienone is 2. The Kier molecular flexibility index (Phi) is 5.78. The molecule has 1 heterocycles. The molecule has 5 nitrogen and oxygen atoms in total. The molecule has 4 aliphatic carbocycles. The number of rotatable bonds is 4. The molecule has 0 bridgehead atoms. The molecule has 0 unspecified atom stereocenters. The third-order valence-corrected chi connectivity index (χ3v) is 10.4. The summed E-state index contributed by atoms with van der Waals surface area (Å²) in [6.45, 7) is 11.1. The second kappa shape index (κ2) is 8.29. The number of Topliss-reactive ketones (excluding diaryl/α,β-unsaturated/α-hetero) is 1. The van der Waals surface area contributed by atoms with Gasteiger partial charge in [0, 0.05) is 23.4 Å². The summed E-state index contributed by atoms with van der Waals surface area (Å²) < 4.78 is 0. The standard InChI is InChI=1S/C29H40N2O3/c1-18-12-21(16-30-15-18)17-34-31-22-6-9-27(4)24-7-10-28(5)25(8-11-29(28,33)20(3)32)23(24)13-19(2)26(27)14-22/h12,14-16,19,23-25,33H,6-11,13,17H2,1-5H3/b31-22-/t19-,23+,24-,25-,27+,28-,29-/m0/s1. The van der Waals surface area contributed by atoms with Crippen molar-refractivity contribution in [1.82, 2.24) is 4.98 Å². The zero-order valence-electron chi connectivity index (χ0n) is 21.4. The first kappa shape index (κ1) is 23.7. The van der Waals surface area contributed by atoms with Crippen molar-refractivity contribution in [2.24, 2.45) is 39.7 Å². The van der Waals surface area contributed by atoms with Gasteiger partial charge in [-0.2, -0.15) is 0 Å². The maximum Gasteiger partial charge on any atom is 0.161 e. The van der Waals surface area contributed by atoms with Crippen LogP contribution in [0.15, 0.2) is 35.3 Å². The summed E-state index contributed by atoms with van der Waals surface area (Å²) in [5.74, 6) is 2.07. The number of oxime groups is 1. The van der Waals surface area contributed by atoms with Crippen molar-refractivity contribution in [2.75, 3.05) is 0 Å². The molecule has 3 saturated carbocycles. The minimum atomic E-state index is -1.14. The van der Waals surface area contributed by atoms with E-state index in [1.807, 2.05) is 19.3 Å². The quantitative estimate of drug-likeness (QED) is 0.572. The molecule has 0 aromatic carbocycles.